The fraction of sp³-hybridized carbons (Fsp3) is 0.667. The first-order valence-electron chi connectivity index (χ1n) is 5.44. The minimum Gasteiger partial charge on any atom is -0.458 e. The van der Waals surface area contributed by atoms with Crippen molar-refractivity contribution in [2.45, 2.75) is 51.6 Å². The van der Waals surface area contributed by atoms with E-state index in [1.165, 1.54) is 6.92 Å². The Hall–Kier alpha value is -1.12. The Morgan fingerprint density at radius 1 is 1.53 bits per heavy atom. The Morgan fingerprint density at radius 2 is 2.27 bits per heavy atom. The lowest BCUT2D eigenvalue weighted by Crippen LogP contribution is -2.31. The highest BCUT2D eigenvalue weighted by molar-refractivity contribution is 5.82. The van der Waals surface area contributed by atoms with Crippen LogP contribution < -0.4 is 0 Å². The molecule has 3 nitrogen and oxygen atoms in total. The first-order chi connectivity index (χ1) is 7.08. The second-order valence-corrected chi connectivity index (χ2v) is 4.08. The van der Waals surface area contributed by atoms with E-state index in [4.69, 9.17) is 4.74 Å². The van der Waals surface area contributed by atoms with Gasteiger partial charge in [0.25, 0.3) is 0 Å². The molecule has 0 spiro atoms. The summed E-state index contributed by atoms with van der Waals surface area (Å²) < 4.78 is 5.30. The highest BCUT2D eigenvalue weighted by Crippen LogP contribution is 2.34. The number of rotatable bonds is 4. The molecular weight excluding hydrogens is 192 g/mol. The van der Waals surface area contributed by atoms with E-state index < -0.39 is 5.60 Å². The van der Waals surface area contributed by atoms with Crippen molar-refractivity contribution in [1.82, 2.24) is 0 Å². The highest BCUT2D eigenvalue weighted by atomic mass is 16.6. The van der Waals surface area contributed by atoms with Crippen molar-refractivity contribution in [2.75, 3.05) is 0 Å². The predicted molar refractivity (Wildman–Crippen MR) is 57.4 cm³/mol. The molecule has 84 valence electrons. The lowest BCUT2D eigenvalue weighted by Gasteiger charge is -2.26. The lowest BCUT2D eigenvalue weighted by atomic mass is 9.97. The second-order valence-electron chi connectivity index (χ2n) is 4.08. The van der Waals surface area contributed by atoms with Crippen molar-refractivity contribution in [3.63, 3.8) is 0 Å². The SMILES string of the molecule is CCC=CCC1(OC(C)=O)CCC(=O)C1. The van der Waals surface area contributed by atoms with Gasteiger partial charge in [-0.2, -0.15) is 0 Å². The molecule has 15 heavy (non-hydrogen) atoms. The van der Waals surface area contributed by atoms with E-state index in [9.17, 15) is 9.59 Å². The Kier molecular flexibility index (Phi) is 4.06. The van der Waals surface area contributed by atoms with Crippen molar-refractivity contribution >= 4 is 11.8 Å². The molecule has 1 aliphatic carbocycles. The molecule has 0 radical (unpaired) electrons. The third-order valence-corrected chi connectivity index (χ3v) is 2.63. The van der Waals surface area contributed by atoms with E-state index in [2.05, 4.69) is 6.92 Å². The second kappa shape index (κ2) is 5.10. The maximum atomic E-state index is 11.3. The maximum Gasteiger partial charge on any atom is 0.303 e. The summed E-state index contributed by atoms with van der Waals surface area (Å²) in [7, 11) is 0. The van der Waals surface area contributed by atoms with Crippen LogP contribution in [0.2, 0.25) is 0 Å². The van der Waals surface area contributed by atoms with E-state index >= 15 is 0 Å². The molecule has 0 aromatic rings. The molecule has 0 amide bonds. The zero-order valence-corrected chi connectivity index (χ0v) is 9.41. The van der Waals surface area contributed by atoms with Crippen molar-refractivity contribution in [1.29, 1.82) is 0 Å². The number of hydrogen-bond donors (Lipinski definition) is 0. The summed E-state index contributed by atoms with van der Waals surface area (Å²) in [6.07, 6.45) is 7.24. The van der Waals surface area contributed by atoms with Gasteiger partial charge in [0.15, 0.2) is 0 Å². The van der Waals surface area contributed by atoms with Gasteiger partial charge in [-0.3, -0.25) is 9.59 Å². The quantitative estimate of drug-likeness (QED) is 0.528. The van der Waals surface area contributed by atoms with E-state index in [-0.39, 0.29) is 11.8 Å². The van der Waals surface area contributed by atoms with E-state index in [1.807, 2.05) is 12.2 Å². The minimum atomic E-state index is -0.547. The topological polar surface area (TPSA) is 43.4 Å². The van der Waals surface area contributed by atoms with Crippen molar-refractivity contribution in [3.8, 4) is 0 Å². The van der Waals surface area contributed by atoms with Gasteiger partial charge in [0, 0.05) is 26.2 Å². The van der Waals surface area contributed by atoms with Gasteiger partial charge in [-0.1, -0.05) is 19.1 Å². The minimum absolute atomic E-state index is 0.196. The van der Waals surface area contributed by atoms with Crippen LogP contribution in [0.3, 0.4) is 0 Å². The van der Waals surface area contributed by atoms with Crippen LogP contribution in [0, 0.1) is 0 Å². The molecule has 1 rings (SSSR count). The highest BCUT2D eigenvalue weighted by Gasteiger charge is 2.40. The predicted octanol–water partition coefficient (Wildman–Crippen LogP) is 2.40. The first-order valence-corrected chi connectivity index (χ1v) is 5.44. The van der Waals surface area contributed by atoms with Crippen LogP contribution in [0.25, 0.3) is 0 Å². The number of allylic oxidation sites excluding steroid dienone is 1. The first kappa shape index (κ1) is 12.0. The molecule has 1 saturated carbocycles. The number of ketones is 1. The fourth-order valence-corrected chi connectivity index (χ4v) is 1.98. The van der Waals surface area contributed by atoms with Gasteiger partial charge >= 0.3 is 5.97 Å². The smallest absolute Gasteiger partial charge is 0.303 e. The molecule has 1 aliphatic rings. The summed E-state index contributed by atoms with van der Waals surface area (Å²) in [6.45, 7) is 3.45. The Balaban J connectivity index is 2.64. The van der Waals surface area contributed by atoms with Gasteiger partial charge in [-0.25, -0.2) is 0 Å². The van der Waals surface area contributed by atoms with Gasteiger partial charge in [-0.15, -0.1) is 0 Å². The largest absolute Gasteiger partial charge is 0.458 e. The molecular formula is C12H18O3. The van der Waals surface area contributed by atoms with Crippen LogP contribution in [-0.4, -0.2) is 17.4 Å². The van der Waals surface area contributed by atoms with Crippen LogP contribution in [0.1, 0.15) is 46.0 Å². The van der Waals surface area contributed by atoms with E-state index in [1.54, 1.807) is 0 Å². The van der Waals surface area contributed by atoms with Gasteiger partial charge in [0.05, 0.1) is 0 Å². The average molecular weight is 210 g/mol. The Labute approximate surface area is 90.5 Å². The zero-order valence-electron chi connectivity index (χ0n) is 9.41. The number of hydrogen-bond acceptors (Lipinski definition) is 3. The number of esters is 1. The summed E-state index contributed by atoms with van der Waals surface area (Å²) in [5.41, 5.74) is -0.547. The normalized spacial score (nSPS) is 26.1. The summed E-state index contributed by atoms with van der Waals surface area (Å²) >= 11 is 0. The van der Waals surface area contributed by atoms with Crippen LogP contribution in [0.15, 0.2) is 12.2 Å². The van der Waals surface area contributed by atoms with Crippen LogP contribution in [0.4, 0.5) is 0 Å². The molecule has 0 aromatic heterocycles. The molecule has 1 atom stereocenters. The average Bonchev–Trinajstić information content (AvgIpc) is 2.47. The van der Waals surface area contributed by atoms with Crippen LogP contribution >= 0.6 is 0 Å². The molecule has 0 aromatic carbocycles. The third kappa shape index (κ3) is 3.50. The van der Waals surface area contributed by atoms with E-state index in [0.29, 0.717) is 25.7 Å². The Bertz CT molecular complexity index is 281. The van der Waals surface area contributed by atoms with Gasteiger partial charge in [-0.05, 0) is 12.8 Å². The molecule has 1 unspecified atom stereocenters. The van der Waals surface area contributed by atoms with E-state index in [0.717, 1.165) is 6.42 Å². The van der Waals surface area contributed by atoms with Gasteiger partial charge in [0.1, 0.15) is 11.4 Å². The van der Waals surface area contributed by atoms with Crippen molar-refractivity contribution in [2.24, 2.45) is 0 Å². The molecule has 0 aliphatic heterocycles. The Morgan fingerprint density at radius 3 is 2.73 bits per heavy atom. The third-order valence-electron chi connectivity index (χ3n) is 2.63. The van der Waals surface area contributed by atoms with Crippen molar-refractivity contribution < 1.29 is 14.3 Å². The number of carbonyl (C=O) groups excluding carboxylic acids is 2. The van der Waals surface area contributed by atoms with Gasteiger partial charge < -0.3 is 4.74 Å². The fourth-order valence-electron chi connectivity index (χ4n) is 1.98. The summed E-state index contributed by atoms with van der Waals surface area (Å²) in [5.74, 6) is -0.101. The molecule has 1 fully saturated rings. The van der Waals surface area contributed by atoms with Gasteiger partial charge in [0.2, 0.25) is 0 Å². The number of ether oxygens (including phenoxy) is 1. The maximum absolute atomic E-state index is 11.3. The molecule has 0 bridgehead atoms. The molecule has 0 heterocycles. The van der Waals surface area contributed by atoms with Crippen molar-refractivity contribution in [3.05, 3.63) is 12.2 Å². The van der Waals surface area contributed by atoms with Crippen LogP contribution in [-0.2, 0) is 14.3 Å². The summed E-state index contributed by atoms with van der Waals surface area (Å²) in [4.78, 5) is 22.2. The lowest BCUT2D eigenvalue weighted by molar-refractivity contribution is -0.156. The standard InChI is InChI=1S/C12H18O3/c1-3-4-5-7-12(15-10(2)13)8-6-11(14)9-12/h4-5H,3,6-9H2,1-2H3. The summed E-state index contributed by atoms with van der Waals surface area (Å²) in [6, 6.07) is 0. The molecule has 0 saturated heterocycles. The molecule has 0 N–H and O–H groups in total. The van der Waals surface area contributed by atoms with Crippen LogP contribution in [0.5, 0.6) is 0 Å². The monoisotopic (exact) mass is 210 g/mol. The molecule has 3 heteroatoms. The summed E-state index contributed by atoms with van der Waals surface area (Å²) in [5, 5.41) is 0. The number of Topliss-reactive ketones (excluding diaryl/α,β-unsaturated/α-hetero) is 1. The zero-order chi connectivity index (χ0) is 11.3. The number of carbonyl (C=O) groups is 2.